The van der Waals surface area contributed by atoms with Gasteiger partial charge in [-0.1, -0.05) is 36.4 Å². The van der Waals surface area contributed by atoms with Gasteiger partial charge in [-0.05, 0) is 37.1 Å². The zero-order chi connectivity index (χ0) is 13.0. The van der Waals surface area contributed by atoms with Gasteiger partial charge in [-0.15, -0.1) is 0 Å². The minimum Gasteiger partial charge on any atom is -0.418 e. The molecule has 2 rings (SSSR count). The van der Waals surface area contributed by atoms with Crippen LogP contribution in [0.15, 0.2) is 48.5 Å². The summed E-state index contributed by atoms with van der Waals surface area (Å²) in [4.78, 5) is 0. The first-order chi connectivity index (χ1) is 8.66. The lowest BCUT2D eigenvalue weighted by atomic mass is 10.2. The molecule has 0 spiro atoms. The summed E-state index contributed by atoms with van der Waals surface area (Å²) in [6, 6.07) is 14.8. The second-order valence-corrected chi connectivity index (χ2v) is 4.89. The van der Waals surface area contributed by atoms with Crippen molar-refractivity contribution >= 4 is 8.25 Å². The third-order valence-corrected chi connectivity index (χ3v) is 3.35. The highest BCUT2D eigenvalue weighted by molar-refractivity contribution is 7.34. The first-order valence-corrected chi connectivity index (χ1v) is 6.90. The van der Waals surface area contributed by atoms with Crippen LogP contribution in [0.1, 0.15) is 11.1 Å². The molecule has 0 amide bonds. The molecule has 0 fully saturated rings. The lowest BCUT2D eigenvalue weighted by Gasteiger charge is -2.11. The molecule has 0 aromatic heterocycles. The first-order valence-electron chi connectivity index (χ1n) is 5.68. The van der Waals surface area contributed by atoms with Crippen molar-refractivity contribution in [2.24, 2.45) is 0 Å². The average Bonchev–Trinajstić information content (AvgIpc) is 2.35. The van der Waals surface area contributed by atoms with Crippen molar-refractivity contribution in [3.8, 4) is 11.5 Å². The molecule has 0 heterocycles. The van der Waals surface area contributed by atoms with E-state index in [9.17, 15) is 4.57 Å². The van der Waals surface area contributed by atoms with E-state index in [0.29, 0.717) is 11.5 Å². The number of hydrogen-bond acceptors (Lipinski definition) is 3. The lowest BCUT2D eigenvalue weighted by molar-refractivity contribution is 0.413. The second kappa shape index (κ2) is 5.74. The third kappa shape index (κ3) is 3.14. The molecule has 3 nitrogen and oxygen atoms in total. The molecule has 0 aliphatic heterocycles. The molecule has 0 saturated heterocycles. The topological polar surface area (TPSA) is 35.5 Å². The normalized spacial score (nSPS) is 10.4. The van der Waals surface area contributed by atoms with Crippen molar-refractivity contribution in [1.29, 1.82) is 0 Å². The monoisotopic (exact) mass is 262 g/mol. The van der Waals surface area contributed by atoms with E-state index in [1.54, 1.807) is 12.1 Å². The SMILES string of the molecule is Cc1ccccc1O[PH](=O)Oc1ccccc1C. The molecule has 0 bridgehead atoms. The minimum absolute atomic E-state index is 0.593. The zero-order valence-electron chi connectivity index (χ0n) is 10.3. The van der Waals surface area contributed by atoms with Gasteiger partial charge in [0.1, 0.15) is 11.5 Å². The molecule has 4 heteroatoms. The number of hydrogen-bond donors (Lipinski definition) is 0. The van der Waals surface area contributed by atoms with Gasteiger partial charge in [0.15, 0.2) is 0 Å². The summed E-state index contributed by atoms with van der Waals surface area (Å²) in [7, 11) is -2.59. The van der Waals surface area contributed by atoms with Crippen molar-refractivity contribution < 1.29 is 13.6 Å². The Morgan fingerprint density at radius 2 is 1.17 bits per heavy atom. The van der Waals surface area contributed by atoms with Crippen LogP contribution in [0.5, 0.6) is 11.5 Å². The van der Waals surface area contributed by atoms with E-state index in [0.717, 1.165) is 11.1 Å². The summed E-state index contributed by atoms with van der Waals surface area (Å²) in [6.45, 7) is 3.80. The van der Waals surface area contributed by atoms with Gasteiger partial charge in [-0.25, -0.2) is 4.57 Å². The molecular weight excluding hydrogens is 247 g/mol. The molecule has 0 N–H and O–H groups in total. The van der Waals surface area contributed by atoms with E-state index in [4.69, 9.17) is 9.05 Å². The van der Waals surface area contributed by atoms with Gasteiger partial charge in [-0.2, -0.15) is 0 Å². The van der Waals surface area contributed by atoms with Crippen molar-refractivity contribution in [3.05, 3.63) is 59.7 Å². The summed E-state index contributed by atoms with van der Waals surface area (Å²) in [5.41, 5.74) is 1.87. The number of para-hydroxylation sites is 2. The van der Waals surface area contributed by atoms with Gasteiger partial charge >= 0.3 is 8.25 Å². The summed E-state index contributed by atoms with van der Waals surface area (Å²) in [5.74, 6) is 1.19. The Morgan fingerprint density at radius 3 is 1.56 bits per heavy atom. The standard InChI is InChI=1S/C14H15O3P/c1-11-7-3-5-9-13(11)16-18(15)17-14-10-6-4-8-12(14)2/h3-10,18H,1-2H3. The molecule has 94 valence electrons. The van der Waals surface area contributed by atoms with Crippen molar-refractivity contribution in [1.82, 2.24) is 0 Å². The summed E-state index contributed by atoms with van der Waals surface area (Å²) >= 11 is 0. The van der Waals surface area contributed by atoms with Crippen LogP contribution in [0.25, 0.3) is 0 Å². The molecule has 0 aliphatic carbocycles. The largest absolute Gasteiger partial charge is 0.418 e. The number of rotatable bonds is 4. The number of benzene rings is 2. The molecule has 0 unspecified atom stereocenters. The lowest BCUT2D eigenvalue weighted by Crippen LogP contribution is -1.91. The van der Waals surface area contributed by atoms with E-state index < -0.39 is 8.25 Å². The fraction of sp³-hybridized carbons (Fsp3) is 0.143. The third-order valence-electron chi connectivity index (χ3n) is 2.57. The predicted octanol–water partition coefficient (Wildman–Crippen LogP) is 4.15. The van der Waals surface area contributed by atoms with E-state index in [2.05, 4.69) is 0 Å². The summed E-state index contributed by atoms with van der Waals surface area (Å²) < 4.78 is 22.5. The summed E-state index contributed by atoms with van der Waals surface area (Å²) in [5, 5.41) is 0. The molecule has 2 aromatic carbocycles. The average molecular weight is 262 g/mol. The fourth-order valence-corrected chi connectivity index (χ4v) is 2.40. The maximum absolute atomic E-state index is 11.8. The first kappa shape index (κ1) is 12.7. The van der Waals surface area contributed by atoms with Crippen LogP contribution in [0.3, 0.4) is 0 Å². The van der Waals surface area contributed by atoms with Crippen molar-refractivity contribution in [3.63, 3.8) is 0 Å². The second-order valence-electron chi connectivity index (χ2n) is 3.99. The Morgan fingerprint density at radius 1 is 0.778 bits per heavy atom. The Kier molecular flexibility index (Phi) is 4.06. The van der Waals surface area contributed by atoms with Crippen LogP contribution in [-0.2, 0) is 4.57 Å². The van der Waals surface area contributed by atoms with Crippen molar-refractivity contribution in [2.45, 2.75) is 13.8 Å². The van der Waals surface area contributed by atoms with Gasteiger partial charge < -0.3 is 9.05 Å². The van der Waals surface area contributed by atoms with Crippen LogP contribution in [0.2, 0.25) is 0 Å². The van der Waals surface area contributed by atoms with Gasteiger partial charge in [0.05, 0.1) is 0 Å². The molecular formula is C14H15O3P. The molecule has 18 heavy (non-hydrogen) atoms. The van der Waals surface area contributed by atoms with Crippen LogP contribution in [-0.4, -0.2) is 0 Å². The van der Waals surface area contributed by atoms with Gasteiger partial charge in [0.25, 0.3) is 0 Å². The predicted molar refractivity (Wildman–Crippen MR) is 72.6 cm³/mol. The smallest absolute Gasteiger partial charge is 0.418 e. The highest BCUT2D eigenvalue weighted by atomic mass is 31.1. The van der Waals surface area contributed by atoms with E-state index in [-0.39, 0.29) is 0 Å². The highest BCUT2D eigenvalue weighted by Gasteiger charge is 2.07. The van der Waals surface area contributed by atoms with Crippen LogP contribution >= 0.6 is 8.25 Å². The fourth-order valence-electron chi connectivity index (χ4n) is 1.54. The van der Waals surface area contributed by atoms with Gasteiger partial charge in [-0.3, -0.25) is 0 Å². The van der Waals surface area contributed by atoms with Crippen LogP contribution in [0.4, 0.5) is 0 Å². The van der Waals surface area contributed by atoms with Crippen LogP contribution < -0.4 is 9.05 Å². The molecule has 0 saturated carbocycles. The minimum atomic E-state index is -2.59. The highest BCUT2D eigenvalue weighted by Crippen LogP contribution is 2.33. The molecule has 0 atom stereocenters. The molecule has 0 radical (unpaired) electrons. The van der Waals surface area contributed by atoms with Crippen LogP contribution in [0, 0.1) is 13.8 Å². The van der Waals surface area contributed by atoms with Crippen molar-refractivity contribution in [2.75, 3.05) is 0 Å². The Labute approximate surface area is 107 Å². The van der Waals surface area contributed by atoms with Gasteiger partial charge in [0.2, 0.25) is 0 Å². The van der Waals surface area contributed by atoms with E-state index in [1.807, 2.05) is 50.2 Å². The Bertz CT molecular complexity index is 517. The maximum Gasteiger partial charge on any atom is 0.418 e. The van der Waals surface area contributed by atoms with E-state index in [1.165, 1.54) is 0 Å². The molecule has 0 aliphatic rings. The molecule has 2 aromatic rings. The summed E-state index contributed by atoms with van der Waals surface area (Å²) in [6.07, 6.45) is 0. The maximum atomic E-state index is 11.8. The quantitative estimate of drug-likeness (QED) is 0.776. The number of aryl methyl sites for hydroxylation is 2. The zero-order valence-corrected chi connectivity index (χ0v) is 11.3. The Balaban J connectivity index is 2.06. The Hall–Kier alpha value is -1.73. The van der Waals surface area contributed by atoms with Gasteiger partial charge in [0, 0.05) is 0 Å². The van der Waals surface area contributed by atoms with E-state index >= 15 is 0 Å².